The molecular weight excluding hydrogens is 556 g/mol. The number of carbonyl (C=O) groups excluding carboxylic acids is 3. The first-order chi connectivity index (χ1) is 21.1. The average molecular weight is 603 g/mol. The zero-order valence-corrected chi connectivity index (χ0v) is 27.2. The van der Waals surface area contributed by atoms with Crippen LogP contribution in [0.5, 0.6) is 5.88 Å². The average Bonchev–Trinajstić information content (AvgIpc) is 3.61. The summed E-state index contributed by atoms with van der Waals surface area (Å²) in [5, 5.41) is 9.72. The molecule has 0 saturated carbocycles. The van der Waals surface area contributed by atoms with E-state index in [-0.39, 0.29) is 29.4 Å². The number of hydrogen-bond acceptors (Lipinski definition) is 7. The number of benzene rings is 1. The van der Waals surface area contributed by atoms with Crippen LogP contribution < -0.4 is 4.74 Å². The van der Waals surface area contributed by atoms with E-state index in [1.807, 2.05) is 37.5 Å². The first-order valence-corrected chi connectivity index (χ1v) is 14.9. The Kier molecular flexibility index (Phi) is 16.4. The molecule has 2 aromatic heterocycles. The molecule has 1 N–H and O–H groups in total. The van der Waals surface area contributed by atoms with Gasteiger partial charge in [0.05, 0.1) is 24.3 Å². The van der Waals surface area contributed by atoms with Crippen molar-refractivity contribution in [3.05, 3.63) is 102 Å². The summed E-state index contributed by atoms with van der Waals surface area (Å²) in [6, 6.07) is 10.3. The summed E-state index contributed by atoms with van der Waals surface area (Å²) in [6.45, 7) is 15.7. The molecule has 2 amide bonds. The Balaban J connectivity index is 0.000000441. The van der Waals surface area contributed by atoms with Crippen molar-refractivity contribution >= 4 is 17.6 Å². The maximum atomic E-state index is 12.1. The Morgan fingerprint density at radius 2 is 1.64 bits per heavy atom. The number of unbranched alkanes of at least 4 members (excludes halogenated alkanes) is 1. The van der Waals surface area contributed by atoms with Crippen LogP contribution in [-0.4, -0.2) is 56.3 Å². The standard InChI is InChI=1S/C20H23N3O3.C9H7NO2.C4H10.C2H6/c1-5-7-16(24)10-8-14(3)23-13-17(18(25)6-2)22-20(23)15-9-11-19(26-4)21-12-15;1-10-8(11)6-4-2-3-5-7(6)9(10)12;1-3-4-2;1-2/h5,7-14,24H,1,6H2,2-4H3;2-5H,1H3;3-4H2,1-2H3;1-2H3/b10-8-,16-7+;;;. The lowest BCUT2D eigenvalue weighted by Crippen LogP contribution is -2.24. The van der Waals surface area contributed by atoms with Gasteiger partial charge < -0.3 is 14.4 Å². The first-order valence-electron chi connectivity index (χ1n) is 14.9. The fraction of sp³-hybridized carbons (Fsp3) is 0.343. The highest BCUT2D eigenvalue weighted by molar-refractivity contribution is 6.21. The van der Waals surface area contributed by atoms with Crippen molar-refractivity contribution in [1.29, 1.82) is 0 Å². The van der Waals surface area contributed by atoms with Crippen LogP contribution in [0.4, 0.5) is 0 Å². The Bertz CT molecular complexity index is 1400. The molecule has 1 aliphatic rings. The van der Waals surface area contributed by atoms with Crippen molar-refractivity contribution in [1.82, 2.24) is 19.4 Å². The third-order valence-electron chi connectivity index (χ3n) is 6.31. The molecule has 0 saturated heterocycles. The van der Waals surface area contributed by atoms with Crippen LogP contribution in [0.2, 0.25) is 0 Å². The number of rotatable bonds is 9. The number of imide groups is 1. The number of methoxy groups -OCH3 is 1. The van der Waals surface area contributed by atoms with E-state index in [1.54, 1.807) is 62.8 Å². The fourth-order valence-electron chi connectivity index (χ4n) is 3.68. The summed E-state index contributed by atoms with van der Waals surface area (Å²) < 4.78 is 6.96. The number of allylic oxidation sites excluding steroid dienone is 4. The molecule has 0 radical (unpaired) electrons. The molecule has 3 aromatic rings. The van der Waals surface area contributed by atoms with Crippen molar-refractivity contribution in [3.63, 3.8) is 0 Å². The van der Waals surface area contributed by atoms with Gasteiger partial charge in [-0.3, -0.25) is 19.3 Å². The number of nitrogens with zero attached hydrogens (tertiary/aromatic N) is 4. The summed E-state index contributed by atoms with van der Waals surface area (Å²) in [4.78, 5) is 44.6. The molecular formula is C35H46N4O5. The number of pyridine rings is 1. The van der Waals surface area contributed by atoms with Crippen LogP contribution in [0.3, 0.4) is 0 Å². The van der Waals surface area contributed by atoms with Crippen molar-refractivity contribution in [2.24, 2.45) is 0 Å². The van der Waals surface area contributed by atoms with Crippen molar-refractivity contribution in [2.75, 3.05) is 14.2 Å². The predicted molar refractivity (Wildman–Crippen MR) is 176 cm³/mol. The molecule has 1 atom stereocenters. The lowest BCUT2D eigenvalue weighted by molar-refractivity contribution is 0.0692. The number of ether oxygens (including phenoxy) is 1. The van der Waals surface area contributed by atoms with Gasteiger partial charge in [0, 0.05) is 37.5 Å². The summed E-state index contributed by atoms with van der Waals surface area (Å²) in [6.07, 6.45) is 12.8. The van der Waals surface area contributed by atoms with Crippen LogP contribution in [0.15, 0.2) is 85.4 Å². The smallest absolute Gasteiger partial charge is 0.261 e. The minimum absolute atomic E-state index is 0.0305. The summed E-state index contributed by atoms with van der Waals surface area (Å²) in [7, 11) is 3.04. The number of aliphatic hydroxyl groups excluding tert-OH is 1. The maximum absolute atomic E-state index is 12.1. The number of fused-ring (bicyclic) bond motifs is 1. The maximum Gasteiger partial charge on any atom is 0.261 e. The minimum atomic E-state index is -0.212. The Morgan fingerprint density at radius 1 is 1.05 bits per heavy atom. The van der Waals surface area contributed by atoms with Crippen molar-refractivity contribution in [3.8, 4) is 17.3 Å². The van der Waals surface area contributed by atoms with E-state index < -0.39 is 0 Å². The second-order valence-electron chi connectivity index (χ2n) is 9.36. The number of aromatic nitrogens is 3. The van der Waals surface area contributed by atoms with E-state index in [9.17, 15) is 19.5 Å². The van der Waals surface area contributed by atoms with Crippen LogP contribution in [0.25, 0.3) is 11.4 Å². The molecule has 4 rings (SSSR count). The molecule has 1 aliphatic heterocycles. The van der Waals surface area contributed by atoms with E-state index in [1.165, 1.54) is 32.0 Å². The molecule has 44 heavy (non-hydrogen) atoms. The summed E-state index contributed by atoms with van der Waals surface area (Å²) in [5.74, 6) is 0.776. The highest BCUT2D eigenvalue weighted by atomic mass is 16.5. The number of Topliss-reactive ketones (excluding diaryl/α,β-unsaturated/α-hetero) is 1. The summed E-state index contributed by atoms with van der Waals surface area (Å²) in [5.41, 5.74) is 2.19. The fourth-order valence-corrected chi connectivity index (χ4v) is 3.68. The van der Waals surface area contributed by atoms with Gasteiger partial charge in [-0.25, -0.2) is 9.97 Å². The molecule has 1 unspecified atom stereocenters. The largest absolute Gasteiger partial charge is 0.508 e. The molecule has 9 heteroatoms. The van der Waals surface area contributed by atoms with Gasteiger partial charge in [-0.1, -0.05) is 78.3 Å². The molecule has 9 nitrogen and oxygen atoms in total. The monoisotopic (exact) mass is 602 g/mol. The third-order valence-corrected chi connectivity index (χ3v) is 6.31. The van der Waals surface area contributed by atoms with Gasteiger partial charge in [-0.05, 0) is 37.3 Å². The van der Waals surface area contributed by atoms with Gasteiger partial charge in [0.1, 0.15) is 17.3 Å². The molecule has 1 aromatic carbocycles. The highest BCUT2D eigenvalue weighted by Gasteiger charge is 2.31. The van der Waals surface area contributed by atoms with E-state index in [4.69, 9.17) is 4.74 Å². The van der Waals surface area contributed by atoms with E-state index >= 15 is 0 Å². The third kappa shape index (κ3) is 10.2. The Hall–Kier alpha value is -4.79. The van der Waals surface area contributed by atoms with Gasteiger partial charge in [0.15, 0.2) is 5.78 Å². The lowest BCUT2D eigenvalue weighted by Gasteiger charge is -2.12. The van der Waals surface area contributed by atoms with E-state index in [2.05, 4.69) is 30.4 Å². The molecule has 0 fully saturated rings. The van der Waals surface area contributed by atoms with E-state index in [0.29, 0.717) is 34.9 Å². The van der Waals surface area contributed by atoms with Gasteiger partial charge >= 0.3 is 0 Å². The lowest BCUT2D eigenvalue weighted by atomic mass is 10.1. The van der Waals surface area contributed by atoms with Crippen LogP contribution >= 0.6 is 0 Å². The molecule has 236 valence electrons. The SMILES string of the molecule is C=C/C=C(O)\C=C/C(C)n1cc(C(=O)CC)nc1-c1ccc(OC)nc1.CC.CCCC.CN1C(=O)c2ccccc2C1=O. The molecule has 0 bridgehead atoms. The summed E-state index contributed by atoms with van der Waals surface area (Å²) >= 11 is 0. The van der Waals surface area contributed by atoms with Crippen LogP contribution in [0, 0.1) is 0 Å². The highest BCUT2D eigenvalue weighted by Crippen LogP contribution is 2.25. The zero-order chi connectivity index (χ0) is 33.2. The molecule has 0 spiro atoms. The number of amides is 2. The van der Waals surface area contributed by atoms with Gasteiger partial charge in [-0.15, -0.1) is 0 Å². The number of imidazole rings is 1. The quantitative estimate of drug-likeness (QED) is 0.114. The topological polar surface area (TPSA) is 115 Å². The van der Waals surface area contributed by atoms with Crippen LogP contribution in [0.1, 0.15) is 98.1 Å². The first kappa shape index (κ1) is 37.2. The number of hydrogen-bond donors (Lipinski definition) is 1. The van der Waals surface area contributed by atoms with Crippen molar-refractivity contribution < 1.29 is 24.2 Å². The number of ketones is 1. The Morgan fingerprint density at radius 3 is 2.09 bits per heavy atom. The van der Waals surface area contributed by atoms with E-state index in [0.717, 1.165) is 10.5 Å². The van der Waals surface area contributed by atoms with Gasteiger partial charge in [0.2, 0.25) is 5.88 Å². The Labute approximate surface area is 261 Å². The minimum Gasteiger partial charge on any atom is -0.508 e. The number of aliphatic hydroxyl groups is 1. The van der Waals surface area contributed by atoms with Gasteiger partial charge in [0.25, 0.3) is 11.8 Å². The number of carbonyl (C=O) groups is 3. The second kappa shape index (κ2) is 19.4. The predicted octanol–water partition coefficient (Wildman–Crippen LogP) is 8.04. The zero-order valence-electron chi connectivity index (χ0n) is 27.2. The van der Waals surface area contributed by atoms with Gasteiger partial charge in [-0.2, -0.15) is 0 Å². The molecule has 0 aliphatic carbocycles. The normalized spacial score (nSPS) is 12.6. The molecule has 3 heterocycles. The second-order valence-corrected chi connectivity index (χ2v) is 9.36. The van der Waals surface area contributed by atoms with Crippen molar-refractivity contribution in [2.45, 2.75) is 66.8 Å². The van der Waals surface area contributed by atoms with Crippen LogP contribution in [-0.2, 0) is 0 Å².